The lowest BCUT2D eigenvalue weighted by atomic mass is 9.96. The van der Waals surface area contributed by atoms with Gasteiger partial charge in [-0.05, 0) is 62.4 Å². The van der Waals surface area contributed by atoms with Gasteiger partial charge in [0.25, 0.3) is 0 Å². The molecule has 1 aromatic carbocycles. The minimum absolute atomic E-state index is 0.0155. The minimum Gasteiger partial charge on any atom is -0.497 e. The molecule has 0 bridgehead atoms. The number of fused-ring (bicyclic) bond motifs is 2. The van der Waals surface area contributed by atoms with E-state index in [1.807, 2.05) is 42.7 Å². The highest BCUT2D eigenvalue weighted by molar-refractivity contribution is 5.87. The van der Waals surface area contributed by atoms with Gasteiger partial charge in [-0.25, -0.2) is 9.97 Å². The van der Waals surface area contributed by atoms with Gasteiger partial charge in [-0.2, -0.15) is 0 Å². The van der Waals surface area contributed by atoms with Crippen molar-refractivity contribution in [2.75, 3.05) is 19.5 Å². The normalized spacial score (nSPS) is 20.8. The fraction of sp³-hybridized carbons (Fsp3) is 0.406. The standard InChI is InChI=1S/C32H38N6O4/c1-20-23(18-37-12-9-21-8-11-33-17-27(21)37)14-26(29(20)42-32(2,3)39)38-13-10-25-30(35-19-36-31(25)38)34-16-22-6-7-24(40-4)15-28(22)41-5/h6-13,15,17,19-20,23,26,29,39H,14,16,18H2,1-5H3,(H,34,35,36)/t20-,23-,26-,29-/m1/s1. The molecule has 220 valence electrons. The summed E-state index contributed by atoms with van der Waals surface area (Å²) in [7, 11) is 3.29. The molecule has 1 fully saturated rings. The van der Waals surface area contributed by atoms with Crippen LogP contribution in [0.3, 0.4) is 0 Å². The van der Waals surface area contributed by atoms with E-state index in [1.54, 1.807) is 34.4 Å². The molecule has 4 aromatic heterocycles. The fourth-order valence-corrected chi connectivity index (χ4v) is 6.31. The number of pyridine rings is 1. The Morgan fingerprint density at radius 3 is 2.71 bits per heavy atom. The number of anilines is 1. The molecule has 2 N–H and O–H groups in total. The Hall–Kier alpha value is -4.15. The summed E-state index contributed by atoms with van der Waals surface area (Å²) >= 11 is 0. The molecule has 0 amide bonds. The van der Waals surface area contributed by atoms with Gasteiger partial charge in [-0.3, -0.25) is 4.98 Å². The molecule has 10 heteroatoms. The van der Waals surface area contributed by atoms with E-state index in [1.165, 1.54) is 5.39 Å². The summed E-state index contributed by atoms with van der Waals surface area (Å²) in [6.07, 6.45) is 10.2. The van der Waals surface area contributed by atoms with Crippen LogP contribution < -0.4 is 14.8 Å². The number of hydrogen-bond donors (Lipinski definition) is 2. The molecule has 1 aliphatic rings. The molecule has 1 saturated carbocycles. The molecule has 10 nitrogen and oxygen atoms in total. The second-order valence-corrected chi connectivity index (χ2v) is 11.6. The SMILES string of the molecule is COc1ccc(CNc2ncnc3c2ccn3[C@@H]2C[C@H](Cn3ccc4ccncc43)[C@@H](C)[C@H]2OC(C)(C)O)c(OC)c1. The van der Waals surface area contributed by atoms with Gasteiger partial charge in [0.15, 0.2) is 5.79 Å². The maximum absolute atomic E-state index is 10.7. The quantitative estimate of drug-likeness (QED) is 0.214. The Labute approximate surface area is 245 Å². The highest BCUT2D eigenvalue weighted by Crippen LogP contribution is 2.45. The molecule has 6 rings (SSSR count). The van der Waals surface area contributed by atoms with Crippen LogP contribution in [0, 0.1) is 11.8 Å². The van der Waals surface area contributed by atoms with Gasteiger partial charge in [-0.15, -0.1) is 0 Å². The molecule has 0 unspecified atom stereocenters. The van der Waals surface area contributed by atoms with Crippen molar-refractivity contribution in [3.05, 3.63) is 73.1 Å². The monoisotopic (exact) mass is 570 g/mol. The molecule has 42 heavy (non-hydrogen) atoms. The average molecular weight is 571 g/mol. The maximum Gasteiger partial charge on any atom is 0.160 e. The molecule has 0 radical (unpaired) electrons. The Balaban J connectivity index is 1.28. The highest BCUT2D eigenvalue weighted by Gasteiger charge is 2.45. The van der Waals surface area contributed by atoms with Crippen LogP contribution in [0.4, 0.5) is 5.82 Å². The van der Waals surface area contributed by atoms with Crippen LogP contribution in [0.25, 0.3) is 21.9 Å². The molecule has 0 aliphatic heterocycles. The smallest absolute Gasteiger partial charge is 0.160 e. The molecule has 4 atom stereocenters. The predicted octanol–water partition coefficient (Wildman–Crippen LogP) is 5.42. The fourth-order valence-electron chi connectivity index (χ4n) is 6.31. The van der Waals surface area contributed by atoms with Crippen molar-refractivity contribution < 1.29 is 19.3 Å². The van der Waals surface area contributed by atoms with Crippen molar-refractivity contribution in [2.45, 2.75) is 58.2 Å². The lowest BCUT2D eigenvalue weighted by molar-refractivity contribution is -0.219. The average Bonchev–Trinajstić information content (AvgIpc) is 3.68. The summed E-state index contributed by atoms with van der Waals surface area (Å²) in [6.45, 7) is 6.97. The third-order valence-electron chi connectivity index (χ3n) is 8.42. The van der Waals surface area contributed by atoms with Crippen LogP contribution in [0.5, 0.6) is 11.5 Å². The van der Waals surface area contributed by atoms with E-state index in [-0.39, 0.29) is 18.1 Å². The van der Waals surface area contributed by atoms with Crippen molar-refractivity contribution >= 4 is 27.8 Å². The third kappa shape index (κ3) is 5.39. The number of benzene rings is 1. The zero-order valence-electron chi connectivity index (χ0n) is 24.7. The van der Waals surface area contributed by atoms with Crippen LogP contribution in [0.15, 0.2) is 67.5 Å². The van der Waals surface area contributed by atoms with Gasteiger partial charge < -0.3 is 33.8 Å². The van der Waals surface area contributed by atoms with Crippen molar-refractivity contribution in [3.63, 3.8) is 0 Å². The number of ether oxygens (including phenoxy) is 3. The number of aliphatic hydroxyl groups is 1. The van der Waals surface area contributed by atoms with Crippen molar-refractivity contribution in [2.24, 2.45) is 11.8 Å². The van der Waals surface area contributed by atoms with Crippen LogP contribution in [-0.2, 0) is 17.8 Å². The number of methoxy groups -OCH3 is 2. The largest absolute Gasteiger partial charge is 0.497 e. The van der Waals surface area contributed by atoms with Crippen LogP contribution in [0.1, 0.15) is 38.8 Å². The zero-order valence-corrected chi connectivity index (χ0v) is 24.7. The number of rotatable bonds is 10. The van der Waals surface area contributed by atoms with Gasteiger partial charge in [0, 0.05) is 48.7 Å². The first-order valence-corrected chi connectivity index (χ1v) is 14.3. The Kier molecular flexibility index (Phi) is 7.51. The molecule has 1 aliphatic carbocycles. The van der Waals surface area contributed by atoms with E-state index in [2.05, 4.69) is 49.8 Å². The first kappa shape index (κ1) is 28.0. The van der Waals surface area contributed by atoms with Crippen LogP contribution in [-0.4, -0.2) is 55.3 Å². The van der Waals surface area contributed by atoms with Gasteiger partial charge in [0.05, 0.1) is 43.5 Å². The third-order valence-corrected chi connectivity index (χ3v) is 8.42. The first-order valence-electron chi connectivity index (χ1n) is 14.3. The molecule has 5 aromatic rings. The van der Waals surface area contributed by atoms with Crippen molar-refractivity contribution in [1.82, 2.24) is 24.1 Å². The van der Waals surface area contributed by atoms with E-state index in [0.717, 1.165) is 52.4 Å². The topological polar surface area (TPSA) is 108 Å². The lowest BCUT2D eigenvalue weighted by Crippen LogP contribution is -2.36. The van der Waals surface area contributed by atoms with Gasteiger partial charge >= 0.3 is 0 Å². The molecular formula is C32H38N6O4. The Bertz CT molecular complexity index is 1690. The second kappa shape index (κ2) is 11.3. The van der Waals surface area contributed by atoms with Crippen molar-refractivity contribution in [1.29, 1.82) is 0 Å². The Morgan fingerprint density at radius 2 is 1.93 bits per heavy atom. The number of aromatic nitrogens is 5. The van der Waals surface area contributed by atoms with Gasteiger partial charge in [0.2, 0.25) is 0 Å². The van der Waals surface area contributed by atoms with Crippen LogP contribution in [0.2, 0.25) is 0 Å². The van der Waals surface area contributed by atoms with E-state index >= 15 is 0 Å². The number of hydrogen-bond acceptors (Lipinski definition) is 8. The predicted molar refractivity (Wildman–Crippen MR) is 162 cm³/mol. The van der Waals surface area contributed by atoms with E-state index in [9.17, 15) is 5.11 Å². The summed E-state index contributed by atoms with van der Waals surface area (Å²) < 4.78 is 21.7. The second-order valence-electron chi connectivity index (χ2n) is 11.6. The number of nitrogens with one attached hydrogen (secondary N) is 1. The summed E-state index contributed by atoms with van der Waals surface area (Å²) in [5.74, 6) is 1.47. The van der Waals surface area contributed by atoms with Gasteiger partial charge in [0.1, 0.15) is 29.3 Å². The molecule has 0 saturated heterocycles. The summed E-state index contributed by atoms with van der Waals surface area (Å²) in [6, 6.07) is 12.0. The molecular weight excluding hydrogens is 532 g/mol. The van der Waals surface area contributed by atoms with E-state index in [4.69, 9.17) is 19.2 Å². The minimum atomic E-state index is -1.27. The summed E-state index contributed by atoms with van der Waals surface area (Å²) in [4.78, 5) is 13.6. The first-order chi connectivity index (χ1) is 20.3. The Morgan fingerprint density at radius 1 is 1.07 bits per heavy atom. The van der Waals surface area contributed by atoms with E-state index in [0.29, 0.717) is 12.5 Å². The lowest BCUT2D eigenvalue weighted by Gasteiger charge is -2.31. The molecule has 4 heterocycles. The van der Waals surface area contributed by atoms with Gasteiger partial charge in [-0.1, -0.05) is 6.92 Å². The maximum atomic E-state index is 10.7. The van der Waals surface area contributed by atoms with Crippen LogP contribution >= 0.6 is 0 Å². The summed E-state index contributed by atoms with van der Waals surface area (Å²) in [5.41, 5.74) is 2.94. The number of nitrogens with zero attached hydrogens (tertiary/aromatic N) is 5. The molecule has 0 spiro atoms. The van der Waals surface area contributed by atoms with E-state index < -0.39 is 5.79 Å². The highest BCUT2D eigenvalue weighted by atomic mass is 16.6. The summed E-state index contributed by atoms with van der Waals surface area (Å²) in [5, 5.41) is 16.3. The zero-order chi connectivity index (χ0) is 29.4. The van der Waals surface area contributed by atoms with Crippen molar-refractivity contribution in [3.8, 4) is 11.5 Å².